The molecule has 16 heavy (non-hydrogen) atoms. The van der Waals surface area contributed by atoms with Gasteiger partial charge in [-0.25, -0.2) is 0 Å². The Bertz CT molecular complexity index is 453. The van der Waals surface area contributed by atoms with E-state index < -0.39 is 5.91 Å². The standard InChI is InChI=1S/C9H4Cl5NO/c10-5-2-1-4(3-6(5)11)15-9(16)7(12)8(13)14/h1-3H,(H,15,16). The second-order valence-corrected chi connectivity index (χ2v) is 4.80. The van der Waals surface area contributed by atoms with E-state index in [1.807, 2.05) is 0 Å². The van der Waals surface area contributed by atoms with Crippen LogP contribution in [0.15, 0.2) is 27.7 Å². The van der Waals surface area contributed by atoms with Crippen LogP contribution in [0, 0.1) is 0 Å². The maximum absolute atomic E-state index is 11.4. The molecule has 0 heterocycles. The zero-order valence-corrected chi connectivity index (χ0v) is 11.3. The van der Waals surface area contributed by atoms with Crippen molar-refractivity contribution < 1.29 is 4.79 Å². The maximum Gasteiger partial charge on any atom is 0.269 e. The van der Waals surface area contributed by atoms with Gasteiger partial charge in [-0.3, -0.25) is 4.79 Å². The van der Waals surface area contributed by atoms with Gasteiger partial charge < -0.3 is 5.32 Å². The molecule has 0 saturated carbocycles. The van der Waals surface area contributed by atoms with Crippen LogP contribution < -0.4 is 5.32 Å². The van der Waals surface area contributed by atoms with E-state index in [0.717, 1.165) is 0 Å². The third kappa shape index (κ3) is 3.72. The van der Waals surface area contributed by atoms with Crippen molar-refractivity contribution in [3.63, 3.8) is 0 Å². The van der Waals surface area contributed by atoms with Crippen LogP contribution in [0.5, 0.6) is 0 Å². The highest BCUT2D eigenvalue weighted by atomic mass is 35.5. The van der Waals surface area contributed by atoms with Crippen LogP contribution in [0.4, 0.5) is 5.69 Å². The second kappa shape index (κ2) is 5.99. The van der Waals surface area contributed by atoms with Crippen LogP contribution in [0.1, 0.15) is 0 Å². The summed E-state index contributed by atoms with van der Waals surface area (Å²) in [6, 6.07) is 4.59. The van der Waals surface area contributed by atoms with Crippen LogP contribution in [-0.4, -0.2) is 5.91 Å². The Balaban J connectivity index is 2.86. The molecule has 0 aromatic heterocycles. The van der Waals surface area contributed by atoms with Crippen LogP contribution in [0.25, 0.3) is 0 Å². The third-order valence-corrected chi connectivity index (χ3v) is 3.21. The summed E-state index contributed by atoms with van der Waals surface area (Å²) >= 11 is 27.7. The van der Waals surface area contributed by atoms with Gasteiger partial charge in [-0.05, 0) is 18.2 Å². The van der Waals surface area contributed by atoms with Crippen molar-refractivity contribution in [1.82, 2.24) is 0 Å². The van der Waals surface area contributed by atoms with Crippen molar-refractivity contribution in [2.75, 3.05) is 5.32 Å². The van der Waals surface area contributed by atoms with Gasteiger partial charge in [0.15, 0.2) is 0 Å². The molecule has 1 N–H and O–H groups in total. The van der Waals surface area contributed by atoms with Gasteiger partial charge in [0.2, 0.25) is 0 Å². The highest BCUT2D eigenvalue weighted by Gasteiger charge is 2.11. The summed E-state index contributed by atoms with van der Waals surface area (Å²) in [5, 5.41) is 2.86. The molecule has 7 heteroatoms. The Morgan fingerprint density at radius 2 is 1.69 bits per heavy atom. The molecule has 0 spiro atoms. The fraction of sp³-hybridized carbons (Fsp3) is 0. The van der Waals surface area contributed by atoms with Gasteiger partial charge in [-0.2, -0.15) is 0 Å². The first kappa shape index (κ1) is 13.9. The van der Waals surface area contributed by atoms with Gasteiger partial charge in [0.05, 0.1) is 10.0 Å². The summed E-state index contributed by atoms with van der Waals surface area (Å²) in [6.07, 6.45) is 0. The Morgan fingerprint density at radius 3 is 2.19 bits per heavy atom. The monoisotopic (exact) mass is 317 g/mol. The van der Waals surface area contributed by atoms with E-state index in [9.17, 15) is 4.79 Å². The molecule has 1 amide bonds. The van der Waals surface area contributed by atoms with Crippen LogP contribution in [-0.2, 0) is 4.79 Å². The van der Waals surface area contributed by atoms with Crippen molar-refractivity contribution in [1.29, 1.82) is 0 Å². The number of amides is 1. The summed E-state index contributed by atoms with van der Waals surface area (Å²) in [6.45, 7) is 0. The predicted octanol–water partition coefficient (Wildman–Crippen LogP) is 4.82. The number of carbonyl (C=O) groups excluding carboxylic acids is 1. The molecule has 0 aliphatic heterocycles. The molecule has 1 aromatic rings. The van der Waals surface area contributed by atoms with Gasteiger partial charge in [0.1, 0.15) is 9.52 Å². The molecule has 86 valence electrons. The Labute approximate surface area is 117 Å². The molecule has 0 saturated heterocycles. The van der Waals surface area contributed by atoms with Crippen LogP contribution >= 0.6 is 58.0 Å². The van der Waals surface area contributed by atoms with Crippen molar-refractivity contribution >= 4 is 69.6 Å². The van der Waals surface area contributed by atoms with Crippen molar-refractivity contribution in [2.24, 2.45) is 0 Å². The zero-order chi connectivity index (χ0) is 12.3. The van der Waals surface area contributed by atoms with E-state index in [2.05, 4.69) is 5.32 Å². The SMILES string of the molecule is O=C(Nc1ccc(Cl)c(Cl)c1)C(Cl)=C(Cl)Cl. The number of halogens is 5. The minimum Gasteiger partial charge on any atom is -0.321 e. The average Bonchev–Trinajstić information content (AvgIpc) is 2.22. The minimum atomic E-state index is -0.625. The van der Waals surface area contributed by atoms with E-state index in [0.29, 0.717) is 15.7 Å². The average molecular weight is 319 g/mol. The number of hydrogen-bond acceptors (Lipinski definition) is 1. The molecule has 1 rings (SSSR count). The number of hydrogen-bond donors (Lipinski definition) is 1. The first-order valence-electron chi connectivity index (χ1n) is 3.89. The minimum absolute atomic E-state index is 0.297. The molecule has 0 fully saturated rings. The summed E-state index contributed by atoms with van der Waals surface area (Å²) in [7, 11) is 0. The second-order valence-electron chi connectivity index (χ2n) is 2.66. The molecule has 0 atom stereocenters. The lowest BCUT2D eigenvalue weighted by molar-refractivity contribution is -0.112. The normalized spacial score (nSPS) is 9.81. The number of benzene rings is 1. The van der Waals surface area contributed by atoms with Crippen LogP contribution in [0.2, 0.25) is 10.0 Å². The first-order valence-corrected chi connectivity index (χ1v) is 5.78. The van der Waals surface area contributed by atoms with Crippen molar-refractivity contribution in [3.8, 4) is 0 Å². The summed E-state index contributed by atoms with van der Waals surface area (Å²) in [5.74, 6) is -0.625. The maximum atomic E-state index is 11.4. The van der Waals surface area contributed by atoms with E-state index in [1.54, 1.807) is 12.1 Å². The van der Waals surface area contributed by atoms with Gasteiger partial charge in [-0.15, -0.1) is 0 Å². The van der Waals surface area contributed by atoms with Gasteiger partial charge in [0, 0.05) is 5.69 Å². The highest BCUT2D eigenvalue weighted by Crippen LogP contribution is 2.26. The number of anilines is 1. The summed E-state index contributed by atoms with van der Waals surface area (Å²) in [5.41, 5.74) is 0.437. The lowest BCUT2D eigenvalue weighted by atomic mass is 10.3. The summed E-state index contributed by atoms with van der Waals surface area (Å²) in [4.78, 5) is 11.4. The molecule has 0 radical (unpaired) electrons. The number of carbonyl (C=O) groups is 1. The van der Waals surface area contributed by atoms with E-state index in [4.69, 9.17) is 58.0 Å². The third-order valence-electron chi connectivity index (χ3n) is 1.54. The smallest absolute Gasteiger partial charge is 0.269 e. The lowest BCUT2D eigenvalue weighted by Crippen LogP contribution is -2.11. The first-order chi connectivity index (χ1) is 7.41. The molecular weight excluding hydrogens is 315 g/mol. The van der Waals surface area contributed by atoms with Crippen LogP contribution in [0.3, 0.4) is 0 Å². The number of rotatable bonds is 2. The molecule has 0 unspecified atom stereocenters. The fourth-order valence-electron chi connectivity index (χ4n) is 0.846. The largest absolute Gasteiger partial charge is 0.321 e. The van der Waals surface area contributed by atoms with Gasteiger partial charge in [-0.1, -0.05) is 58.0 Å². The molecule has 1 aromatic carbocycles. The fourth-order valence-corrected chi connectivity index (χ4v) is 1.36. The Morgan fingerprint density at radius 1 is 1.06 bits per heavy atom. The molecule has 0 aliphatic carbocycles. The molecular formula is C9H4Cl5NO. The molecule has 0 bridgehead atoms. The van der Waals surface area contributed by atoms with E-state index >= 15 is 0 Å². The van der Waals surface area contributed by atoms with E-state index in [-0.39, 0.29) is 9.52 Å². The Kier molecular flexibility index (Phi) is 5.22. The molecule has 2 nitrogen and oxygen atoms in total. The molecule has 0 aliphatic rings. The predicted molar refractivity (Wildman–Crippen MR) is 69.7 cm³/mol. The Hall–Kier alpha value is -0.120. The van der Waals surface area contributed by atoms with Gasteiger partial charge in [0.25, 0.3) is 5.91 Å². The zero-order valence-electron chi connectivity index (χ0n) is 7.53. The highest BCUT2D eigenvalue weighted by molar-refractivity contribution is 6.63. The lowest BCUT2D eigenvalue weighted by Gasteiger charge is -2.05. The summed E-state index contributed by atoms with van der Waals surface area (Å²) < 4.78 is -0.306. The van der Waals surface area contributed by atoms with Gasteiger partial charge >= 0.3 is 0 Å². The van der Waals surface area contributed by atoms with Crippen molar-refractivity contribution in [2.45, 2.75) is 0 Å². The van der Waals surface area contributed by atoms with E-state index in [1.165, 1.54) is 6.07 Å². The number of nitrogens with one attached hydrogen (secondary N) is 1. The topological polar surface area (TPSA) is 29.1 Å². The quantitative estimate of drug-likeness (QED) is 0.778. The van der Waals surface area contributed by atoms with Crippen molar-refractivity contribution in [3.05, 3.63) is 37.8 Å².